The molecular weight excluding hydrogens is 345 g/mol. The summed E-state index contributed by atoms with van der Waals surface area (Å²) >= 11 is 0. The van der Waals surface area contributed by atoms with Gasteiger partial charge in [0, 0.05) is 0 Å². The molecule has 0 saturated heterocycles. The average Bonchev–Trinajstić information content (AvgIpc) is 2.70. The van der Waals surface area contributed by atoms with Crippen molar-refractivity contribution < 1.29 is 13.2 Å². The molecule has 0 aliphatic heterocycles. The van der Waals surface area contributed by atoms with Gasteiger partial charge in [-0.2, -0.15) is 0 Å². The van der Waals surface area contributed by atoms with Crippen molar-refractivity contribution in [3.63, 3.8) is 0 Å². The van der Waals surface area contributed by atoms with Crippen LogP contribution in [0.25, 0.3) is 11.1 Å². The summed E-state index contributed by atoms with van der Waals surface area (Å²) in [6.45, 7) is 2.25. The number of hydrogen-bond acceptors (Lipinski definition) is 0. The first-order valence-corrected chi connectivity index (χ1v) is 10.3. The summed E-state index contributed by atoms with van der Waals surface area (Å²) in [5.41, 5.74) is 2.38. The van der Waals surface area contributed by atoms with Gasteiger partial charge >= 0.3 is 0 Å². The normalized spacial score (nSPS) is 20.0. The molecule has 1 saturated carbocycles. The predicted octanol–water partition coefficient (Wildman–Crippen LogP) is 8.02. The van der Waals surface area contributed by atoms with E-state index in [-0.39, 0.29) is 0 Å². The van der Waals surface area contributed by atoms with Crippen LogP contribution in [-0.4, -0.2) is 0 Å². The fourth-order valence-electron chi connectivity index (χ4n) is 4.31. The lowest BCUT2D eigenvalue weighted by Gasteiger charge is -2.29. The Morgan fingerprint density at radius 2 is 1.41 bits per heavy atom. The van der Waals surface area contributed by atoms with Gasteiger partial charge in [0.05, 0.1) is 0 Å². The van der Waals surface area contributed by atoms with Crippen LogP contribution in [0, 0.1) is 23.4 Å². The molecule has 2 aromatic rings. The standard InChI is InChI=1S/C24H29F3/c1-2-3-4-5-6-17-7-9-18(10-8-17)19-11-13-20(14-12-19)21-15-22(25)24(27)23(26)16-21/h11-18H,2-10H2,1H3. The number of halogens is 3. The Morgan fingerprint density at radius 1 is 0.778 bits per heavy atom. The van der Waals surface area contributed by atoms with Gasteiger partial charge in [-0.1, -0.05) is 63.3 Å². The summed E-state index contributed by atoms with van der Waals surface area (Å²) in [5, 5.41) is 0. The minimum atomic E-state index is -1.41. The molecule has 0 aromatic heterocycles. The second-order valence-electron chi connectivity index (χ2n) is 7.94. The van der Waals surface area contributed by atoms with Crippen LogP contribution < -0.4 is 0 Å². The van der Waals surface area contributed by atoms with E-state index in [9.17, 15) is 13.2 Å². The smallest absolute Gasteiger partial charge is 0.194 e. The molecule has 2 aromatic carbocycles. The minimum Gasteiger partial charge on any atom is -0.204 e. The summed E-state index contributed by atoms with van der Waals surface area (Å²) in [6.07, 6.45) is 11.8. The predicted molar refractivity (Wildman–Crippen MR) is 105 cm³/mol. The Labute approximate surface area is 160 Å². The number of hydrogen-bond donors (Lipinski definition) is 0. The molecule has 1 aliphatic rings. The Hall–Kier alpha value is -1.77. The molecule has 27 heavy (non-hydrogen) atoms. The molecule has 1 fully saturated rings. The highest BCUT2D eigenvalue weighted by Crippen LogP contribution is 2.38. The van der Waals surface area contributed by atoms with Crippen molar-refractivity contribution in [1.29, 1.82) is 0 Å². The van der Waals surface area contributed by atoms with Gasteiger partial charge in [-0.05, 0) is 66.3 Å². The van der Waals surface area contributed by atoms with E-state index in [1.54, 1.807) is 0 Å². The fraction of sp³-hybridized carbons (Fsp3) is 0.500. The van der Waals surface area contributed by atoms with Crippen LogP contribution in [0.4, 0.5) is 13.2 Å². The molecule has 0 unspecified atom stereocenters. The summed E-state index contributed by atoms with van der Waals surface area (Å²) in [5.74, 6) is -2.25. The van der Waals surface area contributed by atoms with Gasteiger partial charge in [-0.3, -0.25) is 0 Å². The molecule has 0 heterocycles. The molecule has 0 amide bonds. The lowest BCUT2D eigenvalue weighted by atomic mass is 9.77. The molecule has 0 atom stereocenters. The Balaban J connectivity index is 1.57. The van der Waals surface area contributed by atoms with Crippen molar-refractivity contribution in [2.75, 3.05) is 0 Å². The summed E-state index contributed by atoms with van der Waals surface area (Å²) in [4.78, 5) is 0. The maximum atomic E-state index is 13.4. The van der Waals surface area contributed by atoms with Crippen LogP contribution in [0.1, 0.15) is 76.2 Å². The molecule has 1 aliphatic carbocycles. The van der Waals surface area contributed by atoms with Crippen LogP contribution in [0.15, 0.2) is 36.4 Å². The van der Waals surface area contributed by atoms with E-state index >= 15 is 0 Å². The Morgan fingerprint density at radius 3 is 2.00 bits per heavy atom. The van der Waals surface area contributed by atoms with E-state index in [4.69, 9.17) is 0 Å². The second-order valence-corrected chi connectivity index (χ2v) is 7.94. The lowest BCUT2D eigenvalue weighted by Crippen LogP contribution is -2.13. The Kier molecular flexibility index (Phi) is 6.98. The maximum Gasteiger partial charge on any atom is 0.194 e. The summed E-state index contributed by atoms with van der Waals surface area (Å²) in [6, 6.07) is 9.99. The Bertz CT molecular complexity index is 705. The summed E-state index contributed by atoms with van der Waals surface area (Å²) < 4.78 is 40.0. The van der Waals surface area contributed by atoms with Crippen molar-refractivity contribution in [3.05, 3.63) is 59.4 Å². The minimum absolute atomic E-state index is 0.369. The topological polar surface area (TPSA) is 0 Å². The highest BCUT2D eigenvalue weighted by Gasteiger charge is 2.22. The van der Waals surface area contributed by atoms with E-state index in [1.807, 2.05) is 12.1 Å². The molecule has 0 nitrogen and oxygen atoms in total. The highest BCUT2D eigenvalue weighted by atomic mass is 19.2. The van der Waals surface area contributed by atoms with Crippen LogP contribution in [-0.2, 0) is 0 Å². The monoisotopic (exact) mass is 374 g/mol. The van der Waals surface area contributed by atoms with E-state index < -0.39 is 17.5 Å². The van der Waals surface area contributed by atoms with Crippen molar-refractivity contribution in [2.24, 2.45) is 5.92 Å². The third-order valence-corrected chi connectivity index (χ3v) is 6.01. The van der Waals surface area contributed by atoms with Gasteiger partial charge in [0.1, 0.15) is 0 Å². The van der Waals surface area contributed by atoms with Crippen LogP contribution in [0.2, 0.25) is 0 Å². The number of unbranched alkanes of at least 4 members (excludes halogenated alkanes) is 3. The van der Waals surface area contributed by atoms with Gasteiger partial charge in [-0.15, -0.1) is 0 Å². The molecule has 3 heteroatoms. The first-order valence-electron chi connectivity index (χ1n) is 10.3. The van der Waals surface area contributed by atoms with Crippen molar-refractivity contribution in [3.8, 4) is 11.1 Å². The van der Waals surface area contributed by atoms with E-state index in [0.29, 0.717) is 17.0 Å². The lowest BCUT2D eigenvalue weighted by molar-refractivity contribution is 0.302. The third-order valence-electron chi connectivity index (χ3n) is 6.01. The molecule has 0 spiro atoms. The van der Waals surface area contributed by atoms with Crippen LogP contribution >= 0.6 is 0 Å². The average molecular weight is 374 g/mol. The van der Waals surface area contributed by atoms with Gasteiger partial charge in [0.2, 0.25) is 0 Å². The summed E-state index contributed by atoms with van der Waals surface area (Å²) in [7, 11) is 0. The molecule has 146 valence electrons. The number of rotatable bonds is 7. The van der Waals surface area contributed by atoms with Gasteiger partial charge in [-0.25, -0.2) is 13.2 Å². The molecular formula is C24H29F3. The fourth-order valence-corrected chi connectivity index (χ4v) is 4.31. The molecule has 0 radical (unpaired) electrons. The number of benzene rings is 2. The zero-order valence-corrected chi connectivity index (χ0v) is 16.1. The van der Waals surface area contributed by atoms with Crippen molar-refractivity contribution >= 4 is 0 Å². The van der Waals surface area contributed by atoms with Crippen LogP contribution in [0.3, 0.4) is 0 Å². The van der Waals surface area contributed by atoms with E-state index in [1.165, 1.54) is 63.4 Å². The zero-order valence-electron chi connectivity index (χ0n) is 16.1. The van der Waals surface area contributed by atoms with E-state index in [2.05, 4.69) is 19.1 Å². The maximum absolute atomic E-state index is 13.4. The first-order chi connectivity index (χ1) is 13.1. The third kappa shape index (κ3) is 5.15. The quantitative estimate of drug-likeness (QED) is 0.340. The molecule has 0 N–H and O–H groups in total. The largest absolute Gasteiger partial charge is 0.204 e. The van der Waals surface area contributed by atoms with Gasteiger partial charge in [0.15, 0.2) is 17.5 Å². The highest BCUT2D eigenvalue weighted by molar-refractivity contribution is 5.64. The SMILES string of the molecule is CCCCCCC1CCC(c2ccc(-c3cc(F)c(F)c(F)c3)cc2)CC1. The molecule has 0 bridgehead atoms. The first kappa shape index (κ1) is 20.0. The van der Waals surface area contributed by atoms with Crippen LogP contribution in [0.5, 0.6) is 0 Å². The zero-order chi connectivity index (χ0) is 19.2. The second kappa shape index (κ2) is 9.43. The van der Waals surface area contributed by atoms with Gasteiger partial charge < -0.3 is 0 Å². The van der Waals surface area contributed by atoms with E-state index in [0.717, 1.165) is 18.1 Å². The van der Waals surface area contributed by atoms with Crippen molar-refractivity contribution in [1.82, 2.24) is 0 Å². The van der Waals surface area contributed by atoms with Crippen molar-refractivity contribution in [2.45, 2.75) is 70.6 Å². The van der Waals surface area contributed by atoms with Gasteiger partial charge in [0.25, 0.3) is 0 Å². The molecule has 3 rings (SSSR count).